The van der Waals surface area contributed by atoms with Crippen molar-refractivity contribution >= 4 is 38.8 Å². The van der Waals surface area contributed by atoms with Gasteiger partial charge in [0, 0.05) is 6.21 Å². The van der Waals surface area contributed by atoms with E-state index in [4.69, 9.17) is 0 Å². The molecule has 0 saturated heterocycles. The number of para-hydroxylation sites is 1. The molecule has 0 aliphatic rings. The third kappa shape index (κ3) is 4.87. The number of nitrogens with one attached hydrogen (secondary N) is 2. The van der Waals surface area contributed by atoms with Crippen LogP contribution in [0.1, 0.15) is 18.9 Å². The number of nitrogens with zero attached hydrogens (tertiary/aromatic N) is 2. The van der Waals surface area contributed by atoms with Crippen LogP contribution < -0.4 is 10.7 Å². The van der Waals surface area contributed by atoms with Gasteiger partial charge in [-0.05, 0) is 37.5 Å². The second-order valence-electron chi connectivity index (χ2n) is 5.66. The zero-order valence-corrected chi connectivity index (χ0v) is 14.8. The summed E-state index contributed by atoms with van der Waals surface area (Å²) >= 11 is 1.53. The molecule has 0 aliphatic heterocycles. The van der Waals surface area contributed by atoms with Crippen LogP contribution in [0.25, 0.3) is 10.2 Å². The van der Waals surface area contributed by atoms with Crippen molar-refractivity contribution in [2.24, 2.45) is 5.10 Å². The molecule has 1 aromatic heterocycles. The number of thiazole rings is 1. The summed E-state index contributed by atoms with van der Waals surface area (Å²) in [7, 11) is 0. The van der Waals surface area contributed by atoms with Crippen molar-refractivity contribution in [1.82, 2.24) is 10.4 Å². The Labute approximate surface area is 150 Å². The minimum atomic E-state index is -0.410. The lowest BCUT2D eigenvalue weighted by Gasteiger charge is -2.10. The zero-order valence-electron chi connectivity index (χ0n) is 14.0. The molecule has 0 spiro atoms. The first-order chi connectivity index (χ1) is 12.2. The highest BCUT2D eigenvalue weighted by Crippen LogP contribution is 2.25. The van der Waals surface area contributed by atoms with Gasteiger partial charge in [0.05, 0.1) is 10.2 Å². The van der Waals surface area contributed by atoms with Crippen LogP contribution in [-0.2, 0) is 11.2 Å². The standard InChI is InChI=1S/C19H20N4OS/c1-14(21-19-22-16-11-5-6-12-17(16)25-19)18(24)23-20-13-7-10-15-8-3-2-4-9-15/h2-6,8-9,11-14H,7,10H2,1H3,(H,21,22)(H,23,24)/b20-13-/t14-/m0/s1. The molecule has 2 N–H and O–H groups in total. The summed E-state index contributed by atoms with van der Waals surface area (Å²) in [5.74, 6) is -0.185. The fourth-order valence-corrected chi connectivity index (χ4v) is 3.28. The zero-order chi connectivity index (χ0) is 17.5. The number of hydrazone groups is 1. The van der Waals surface area contributed by atoms with Gasteiger partial charge in [0.1, 0.15) is 6.04 Å². The van der Waals surface area contributed by atoms with Crippen molar-refractivity contribution in [3.63, 3.8) is 0 Å². The van der Waals surface area contributed by atoms with Gasteiger partial charge in [-0.1, -0.05) is 53.8 Å². The molecule has 128 valence electrons. The van der Waals surface area contributed by atoms with Crippen molar-refractivity contribution in [3.05, 3.63) is 60.2 Å². The lowest BCUT2D eigenvalue weighted by molar-refractivity contribution is -0.121. The van der Waals surface area contributed by atoms with Crippen LogP contribution in [0.2, 0.25) is 0 Å². The number of hydrogen-bond donors (Lipinski definition) is 2. The van der Waals surface area contributed by atoms with E-state index in [1.807, 2.05) is 42.5 Å². The smallest absolute Gasteiger partial charge is 0.262 e. The van der Waals surface area contributed by atoms with Crippen molar-refractivity contribution in [3.8, 4) is 0 Å². The normalized spacial score (nSPS) is 12.4. The number of aromatic nitrogens is 1. The molecule has 6 heteroatoms. The Hall–Kier alpha value is -2.73. The first kappa shape index (κ1) is 17.1. The number of carbonyl (C=O) groups is 1. The molecule has 0 unspecified atom stereocenters. The number of carbonyl (C=O) groups excluding carboxylic acids is 1. The molecule has 3 aromatic rings. The predicted molar refractivity (Wildman–Crippen MR) is 104 cm³/mol. The molecule has 1 heterocycles. The summed E-state index contributed by atoms with van der Waals surface area (Å²) in [6, 6.07) is 17.7. The number of benzene rings is 2. The molecule has 25 heavy (non-hydrogen) atoms. The summed E-state index contributed by atoms with van der Waals surface area (Å²) in [5.41, 5.74) is 4.76. The maximum Gasteiger partial charge on any atom is 0.262 e. The Morgan fingerprint density at radius 3 is 2.76 bits per heavy atom. The van der Waals surface area contributed by atoms with E-state index in [0.29, 0.717) is 0 Å². The Kier molecular flexibility index (Phi) is 5.74. The van der Waals surface area contributed by atoms with Crippen molar-refractivity contribution in [2.75, 3.05) is 5.32 Å². The quantitative estimate of drug-likeness (QED) is 0.502. The topological polar surface area (TPSA) is 66.4 Å². The first-order valence-corrected chi connectivity index (χ1v) is 9.01. The fourth-order valence-electron chi connectivity index (χ4n) is 2.33. The largest absolute Gasteiger partial charge is 0.350 e. The lowest BCUT2D eigenvalue weighted by Crippen LogP contribution is -2.34. The van der Waals surface area contributed by atoms with E-state index in [-0.39, 0.29) is 5.91 Å². The van der Waals surface area contributed by atoms with Gasteiger partial charge in [-0.3, -0.25) is 4.79 Å². The van der Waals surface area contributed by atoms with E-state index in [0.717, 1.165) is 28.2 Å². The highest BCUT2D eigenvalue weighted by atomic mass is 32.1. The molecule has 1 atom stereocenters. The van der Waals surface area contributed by atoms with Gasteiger partial charge in [0.25, 0.3) is 5.91 Å². The van der Waals surface area contributed by atoms with Crippen LogP contribution in [-0.4, -0.2) is 23.1 Å². The van der Waals surface area contributed by atoms with Crippen LogP contribution in [0.4, 0.5) is 5.13 Å². The average molecular weight is 352 g/mol. The number of aryl methyl sites for hydroxylation is 1. The van der Waals surface area contributed by atoms with Crippen molar-refractivity contribution < 1.29 is 4.79 Å². The van der Waals surface area contributed by atoms with Crippen LogP contribution in [0.15, 0.2) is 59.7 Å². The highest BCUT2D eigenvalue weighted by Gasteiger charge is 2.13. The van der Waals surface area contributed by atoms with Gasteiger partial charge in [0.2, 0.25) is 0 Å². The maximum atomic E-state index is 12.1. The van der Waals surface area contributed by atoms with Gasteiger partial charge in [0.15, 0.2) is 5.13 Å². The fraction of sp³-hybridized carbons (Fsp3) is 0.211. The molecular formula is C19H20N4OS. The molecule has 0 bridgehead atoms. The van der Waals surface area contributed by atoms with Crippen LogP contribution >= 0.6 is 11.3 Å². The van der Waals surface area contributed by atoms with Crippen LogP contribution in [0.3, 0.4) is 0 Å². The first-order valence-electron chi connectivity index (χ1n) is 8.20. The second-order valence-corrected chi connectivity index (χ2v) is 6.70. The van der Waals surface area contributed by atoms with E-state index < -0.39 is 6.04 Å². The molecular weight excluding hydrogens is 332 g/mol. The van der Waals surface area contributed by atoms with Crippen LogP contribution in [0, 0.1) is 0 Å². The van der Waals surface area contributed by atoms with E-state index in [9.17, 15) is 4.79 Å². The summed E-state index contributed by atoms with van der Waals surface area (Å²) in [6.07, 6.45) is 3.42. The summed E-state index contributed by atoms with van der Waals surface area (Å²) in [5, 5.41) is 7.86. The SMILES string of the molecule is C[C@H](Nc1nc2ccccc2s1)C(=O)N/N=C\CCc1ccccc1. The van der Waals surface area contributed by atoms with Crippen LogP contribution in [0.5, 0.6) is 0 Å². The molecule has 2 aromatic carbocycles. The Balaban J connectivity index is 1.45. The Morgan fingerprint density at radius 1 is 1.20 bits per heavy atom. The minimum absolute atomic E-state index is 0.185. The molecule has 0 saturated carbocycles. The van der Waals surface area contributed by atoms with E-state index in [1.165, 1.54) is 16.9 Å². The lowest BCUT2D eigenvalue weighted by atomic mass is 10.1. The van der Waals surface area contributed by atoms with Gasteiger partial charge >= 0.3 is 0 Å². The molecule has 5 nitrogen and oxygen atoms in total. The maximum absolute atomic E-state index is 12.1. The van der Waals surface area contributed by atoms with Gasteiger partial charge < -0.3 is 5.32 Å². The van der Waals surface area contributed by atoms with Crippen molar-refractivity contribution in [2.45, 2.75) is 25.8 Å². The molecule has 0 aliphatic carbocycles. The summed E-state index contributed by atoms with van der Waals surface area (Å²) < 4.78 is 1.09. The summed E-state index contributed by atoms with van der Waals surface area (Å²) in [4.78, 5) is 16.6. The average Bonchev–Trinajstić information content (AvgIpc) is 3.04. The van der Waals surface area contributed by atoms with E-state index >= 15 is 0 Å². The number of rotatable bonds is 7. The number of fused-ring (bicyclic) bond motifs is 1. The number of amides is 1. The van der Waals surface area contributed by atoms with Gasteiger partial charge in [-0.15, -0.1) is 0 Å². The van der Waals surface area contributed by atoms with Crippen molar-refractivity contribution in [1.29, 1.82) is 0 Å². The molecule has 0 fully saturated rings. The minimum Gasteiger partial charge on any atom is -0.350 e. The Bertz CT molecular complexity index is 827. The second kappa shape index (κ2) is 8.39. The third-order valence-corrected chi connectivity index (χ3v) is 4.67. The van der Waals surface area contributed by atoms with Gasteiger partial charge in [-0.25, -0.2) is 10.4 Å². The van der Waals surface area contributed by atoms with Gasteiger partial charge in [-0.2, -0.15) is 5.10 Å². The van der Waals surface area contributed by atoms with E-state index in [1.54, 1.807) is 13.1 Å². The molecule has 1 amide bonds. The third-order valence-electron chi connectivity index (χ3n) is 3.70. The number of hydrogen-bond acceptors (Lipinski definition) is 5. The molecule has 3 rings (SSSR count). The predicted octanol–water partition coefficient (Wildman–Crippen LogP) is 3.83. The highest BCUT2D eigenvalue weighted by molar-refractivity contribution is 7.22. The monoisotopic (exact) mass is 352 g/mol. The summed E-state index contributed by atoms with van der Waals surface area (Å²) in [6.45, 7) is 1.79. The number of anilines is 1. The van der Waals surface area contributed by atoms with E-state index in [2.05, 4.69) is 33.0 Å². The Morgan fingerprint density at radius 2 is 1.96 bits per heavy atom. The molecule has 0 radical (unpaired) electrons.